The minimum absolute atomic E-state index is 0.228. The number of anilines is 1. The molecule has 3 aromatic carbocycles. The topological polar surface area (TPSA) is 87.5 Å². The zero-order valence-corrected chi connectivity index (χ0v) is 22.2. The standard InChI is InChI=1S/C28H24Cl2N4O4/c1-3-37-27(35)24-25(18-7-5-4-6-8-18)33-28-31-16-32-34(28)26(24)19-10-12-22(23(14-19)36-2)38-15-17-9-11-20(29)21(30)13-17/h4-14,16,26H,3,15H2,1-2H3,(H,31,32,33). The molecule has 1 aliphatic heterocycles. The third-order valence-corrected chi connectivity index (χ3v) is 6.78. The Balaban J connectivity index is 1.56. The molecule has 0 radical (unpaired) electrons. The van der Waals surface area contributed by atoms with Gasteiger partial charge in [-0.2, -0.15) is 10.1 Å². The number of carbonyl (C=O) groups excluding carboxylic acids is 1. The van der Waals surface area contributed by atoms with Gasteiger partial charge in [-0.05, 0) is 47.9 Å². The molecule has 0 aliphatic carbocycles. The molecule has 0 bridgehead atoms. The van der Waals surface area contributed by atoms with E-state index in [0.717, 1.165) is 16.7 Å². The fourth-order valence-electron chi connectivity index (χ4n) is 4.29. The van der Waals surface area contributed by atoms with Crippen molar-refractivity contribution in [2.75, 3.05) is 19.0 Å². The van der Waals surface area contributed by atoms with E-state index in [2.05, 4.69) is 15.4 Å². The normalized spacial score (nSPS) is 14.5. The van der Waals surface area contributed by atoms with Crippen molar-refractivity contribution < 1.29 is 19.0 Å². The molecule has 4 aromatic rings. The number of nitrogens with one attached hydrogen (secondary N) is 1. The number of hydrogen-bond acceptors (Lipinski definition) is 7. The summed E-state index contributed by atoms with van der Waals surface area (Å²) in [7, 11) is 1.56. The van der Waals surface area contributed by atoms with Crippen molar-refractivity contribution in [2.24, 2.45) is 0 Å². The second kappa shape index (κ2) is 11.2. The van der Waals surface area contributed by atoms with Gasteiger partial charge in [-0.25, -0.2) is 9.48 Å². The summed E-state index contributed by atoms with van der Waals surface area (Å²) in [6.45, 7) is 2.27. The molecular weight excluding hydrogens is 527 g/mol. The molecular formula is C28H24Cl2N4O4. The van der Waals surface area contributed by atoms with Crippen molar-refractivity contribution in [3.8, 4) is 11.5 Å². The number of esters is 1. The molecule has 8 nitrogen and oxygen atoms in total. The first-order chi connectivity index (χ1) is 18.5. The summed E-state index contributed by atoms with van der Waals surface area (Å²) < 4.78 is 18.8. The van der Waals surface area contributed by atoms with E-state index in [1.165, 1.54) is 6.33 Å². The fourth-order valence-corrected chi connectivity index (χ4v) is 4.61. The summed E-state index contributed by atoms with van der Waals surface area (Å²) in [5.74, 6) is 1.07. The summed E-state index contributed by atoms with van der Waals surface area (Å²) in [4.78, 5) is 17.7. The molecule has 1 unspecified atom stereocenters. The van der Waals surface area contributed by atoms with Gasteiger partial charge in [0.1, 0.15) is 19.0 Å². The minimum atomic E-state index is -0.624. The van der Waals surface area contributed by atoms with Crippen LogP contribution in [0.1, 0.15) is 29.7 Å². The summed E-state index contributed by atoms with van der Waals surface area (Å²) in [5, 5.41) is 8.61. The highest BCUT2D eigenvalue weighted by atomic mass is 35.5. The third-order valence-electron chi connectivity index (χ3n) is 6.04. The largest absolute Gasteiger partial charge is 0.493 e. The lowest BCUT2D eigenvalue weighted by Gasteiger charge is -2.30. The highest BCUT2D eigenvalue weighted by Gasteiger charge is 2.36. The maximum absolute atomic E-state index is 13.4. The highest BCUT2D eigenvalue weighted by Crippen LogP contribution is 2.41. The van der Waals surface area contributed by atoms with Crippen LogP contribution < -0.4 is 14.8 Å². The number of carbonyl (C=O) groups is 1. The van der Waals surface area contributed by atoms with Crippen molar-refractivity contribution in [1.29, 1.82) is 0 Å². The van der Waals surface area contributed by atoms with Gasteiger partial charge >= 0.3 is 5.97 Å². The molecule has 0 fully saturated rings. The van der Waals surface area contributed by atoms with Gasteiger partial charge in [0.15, 0.2) is 11.5 Å². The molecule has 1 aromatic heterocycles. The number of ether oxygens (including phenoxy) is 3. The minimum Gasteiger partial charge on any atom is -0.493 e. The number of aromatic nitrogens is 3. The van der Waals surface area contributed by atoms with Crippen LogP contribution in [-0.4, -0.2) is 34.5 Å². The van der Waals surface area contributed by atoms with Crippen LogP contribution in [0.5, 0.6) is 11.5 Å². The number of fused-ring (bicyclic) bond motifs is 1. The van der Waals surface area contributed by atoms with E-state index in [9.17, 15) is 4.79 Å². The molecule has 1 atom stereocenters. The van der Waals surface area contributed by atoms with Crippen molar-refractivity contribution in [3.63, 3.8) is 0 Å². The summed E-state index contributed by atoms with van der Waals surface area (Å²) in [5.41, 5.74) is 3.43. The quantitative estimate of drug-likeness (QED) is 0.263. The van der Waals surface area contributed by atoms with E-state index in [1.807, 2.05) is 48.5 Å². The average Bonchev–Trinajstić information content (AvgIpc) is 3.42. The molecule has 2 heterocycles. The molecule has 38 heavy (non-hydrogen) atoms. The van der Waals surface area contributed by atoms with Gasteiger partial charge in [-0.3, -0.25) is 0 Å². The maximum Gasteiger partial charge on any atom is 0.338 e. The zero-order chi connectivity index (χ0) is 26.6. The molecule has 1 N–H and O–H groups in total. The number of methoxy groups -OCH3 is 1. The Bertz CT molecular complexity index is 1500. The van der Waals surface area contributed by atoms with Crippen molar-refractivity contribution >= 4 is 40.8 Å². The molecule has 0 saturated heterocycles. The SMILES string of the molecule is CCOC(=O)C1=C(c2ccccc2)Nc2ncnn2C1c1ccc(OCc2ccc(Cl)c(Cl)c2)c(OC)c1. The van der Waals surface area contributed by atoms with Gasteiger partial charge in [0.2, 0.25) is 5.95 Å². The lowest BCUT2D eigenvalue weighted by molar-refractivity contribution is -0.138. The van der Waals surface area contributed by atoms with Crippen LogP contribution in [0.4, 0.5) is 5.95 Å². The molecule has 0 saturated carbocycles. The van der Waals surface area contributed by atoms with E-state index in [-0.39, 0.29) is 13.2 Å². The van der Waals surface area contributed by atoms with E-state index < -0.39 is 12.0 Å². The number of benzene rings is 3. The Labute approximate surface area is 229 Å². The van der Waals surface area contributed by atoms with E-state index in [1.54, 1.807) is 36.9 Å². The number of halogens is 2. The van der Waals surface area contributed by atoms with Gasteiger partial charge in [0.25, 0.3) is 0 Å². The summed E-state index contributed by atoms with van der Waals surface area (Å²) in [6.07, 6.45) is 1.44. The lowest BCUT2D eigenvalue weighted by atomic mass is 9.92. The van der Waals surface area contributed by atoms with Crippen molar-refractivity contribution in [3.05, 3.63) is 105 Å². The maximum atomic E-state index is 13.4. The fraction of sp³-hybridized carbons (Fsp3) is 0.179. The van der Waals surface area contributed by atoms with Crippen molar-refractivity contribution in [2.45, 2.75) is 19.6 Å². The Morgan fingerprint density at radius 3 is 2.58 bits per heavy atom. The first kappa shape index (κ1) is 25.6. The molecule has 10 heteroatoms. The van der Waals surface area contributed by atoms with Crippen LogP contribution in [-0.2, 0) is 16.1 Å². The Hall–Kier alpha value is -4.01. The zero-order valence-electron chi connectivity index (χ0n) is 20.7. The number of hydrogen-bond donors (Lipinski definition) is 1. The van der Waals surface area contributed by atoms with E-state index in [0.29, 0.717) is 38.8 Å². The van der Waals surface area contributed by atoms with Crippen LogP contribution in [0.15, 0.2) is 78.6 Å². The average molecular weight is 551 g/mol. The van der Waals surface area contributed by atoms with Gasteiger partial charge < -0.3 is 19.5 Å². The van der Waals surface area contributed by atoms with Gasteiger partial charge in [-0.1, -0.05) is 65.7 Å². The lowest BCUT2D eigenvalue weighted by Crippen LogP contribution is -2.30. The second-order valence-corrected chi connectivity index (χ2v) is 9.19. The molecule has 194 valence electrons. The van der Waals surface area contributed by atoms with Gasteiger partial charge in [0.05, 0.1) is 35.0 Å². The van der Waals surface area contributed by atoms with E-state index in [4.69, 9.17) is 37.4 Å². The molecule has 0 amide bonds. The monoisotopic (exact) mass is 550 g/mol. The van der Waals surface area contributed by atoms with E-state index >= 15 is 0 Å². The molecule has 0 spiro atoms. The smallest absolute Gasteiger partial charge is 0.338 e. The van der Waals surface area contributed by atoms with Crippen LogP contribution in [0, 0.1) is 0 Å². The Kier molecular flexibility index (Phi) is 7.53. The van der Waals surface area contributed by atoms with Gasteiger partial charge in [-0.15, -0.1) is 0 Å². The predicted molar refractivity (Wildman–Crippen MR) is 146 cm³/mol. The Morgan fingerprint density at radius 1 is 1.03 bits per heavy atom. The second-order valence-electron chi connectivity index (χ2n) is 8.38. The predicted octanol–water partition coefficient (Wildman–Crippen LogP) is 6.16. The highest BCUT2D eigenvalue weighted by molar-refractivity contribution is 6.42. The van der Waals surface area contributed by atoms with Crippen LogP contribution in [0.2, 0.25) is 10.0 Å². The summed E-state index contributed by atoms with van der Waals surface area (Å²) in [6, 6.07) is 19.8. The van der Waals surface area contributed by atoms with Crippen LogP contribution in [0.3, 0.4) is 0 Å². The number of rotatable bonds is 8. The first-order valence-corrected chi connectivity index (χ1v) is 12.6. The molecule has 5 rings (SSSR count). The Morgan fingerprint density at radius 2 is 1.84 bits per heavy atom. The third kappa shape index (κ3) is 5.05. The van der Waals surface area contributed by atoms with Gasteiger partial charge in [0, 0.05) is 0 Å². The van der Waals surface area contributed by atoms with Crippen molar-refractivity contribution in [1.82, 2.24) is 14.8 Å². The summed E-state index contributed by atoms with van der Waals surface area (Å²) >= 11 is 12.2. The number of nitrogens with zero attached hydrogens (tertiary/aromatic N) is 3. The molecule has 1 aliphatic rings. The first-order valence-electron chi connectivity index (χ1n) is 11.9. The van der Waals surface area contributed by atoms with Crippen LogP contribution >= 0.6 is 23.2 Å². The van der Waals surface area contributed by atoms with Crippen LogP contribution in [0.25, 0.3) is 5.70 Å².